The highest BCUT2D eigenvalue weighted by molar-refractivity contribution is 5.88. The first-order chi connectivity index (χ1) is 13.8. The second kappa shape index (κ2) is 10.6. The molecule has 0 aliphatic heterocycles. The first kappa shape index (κ1) is 22.5. The van der Waals surface area contributed by atoms with Crippen molar-refractivity contribution in [3.8, 4) is 5.75 Å². The van der Waals surface area contributed by atoms with Crippen LogP contribution in [0.2, 0.25) is 0 Å². The highest BCUT2D eigenvalue weighted by Crippen LogP contribution is 2.17. The number of ether oxygens (including phenoxy) is 1. The van der Waals surface area contributed by atoms with E-state index < -0.39 is 6.04 Å². The third kappa shape index (κ3) is 6.63. The SMILES string of the molecule is CC[C@H](C)NC(=O)[C@@H](C)N(Cc1cccc(OC)c1)C(=O)Cc1ccc(C)cc1. The lowest BCUT2D eigenvalue weighted by Crippen LogP contribution is -2.49. The monoisotopic (exact) mass is 396 g/mol. The summed E-state index contributed by atoms with van der Waals surface area (Å²) in [6.45, 7) is 8.13. The van der Waals surface area contributed by atoms with E-state index in [-0.39, 0.29) is 24.3 Å². The molecule has 2 aromatic carbocycles. The van der Waals surface area contributed by atoms with Gasteiger partial charge in [0.25, 0.3) is 0 Å². The smallest absolute Gasteiger partial charge is 0.242 e. The fraction of sp³-hybridized carbons (Fsp3) is 0.417. The average Bonchev–Trinajstić information content (AvgIpc) is 2.73. The second-order valence-electron chi connectivity index (χ2n) is 7.53. The molecule has 0 aliphatic carbocycles. The van der Waals surface area contributed by atoms with Crippen molar-refractivity contribution in [2.75, 3.05) is 7.11 Å². The van der Waals surface area contributed by atoms with Crippen LogP contribution < -0.4 is 10.1 Å². The Hall–Kier alpha value is -2.82. The van der Waals surface area contributed by atoms with E-state index in [4.69, 9.17) is 4.74 Å². The Balaban J connectivity index is 2.23. The first-order valence-electron chi connectivity index (χ1n) is 10.1. The van der Waals surface area contributed by atoms with E-state index in [2.05, 4.69) is 5.32 Å². The van der Waals surface area contributed by atoms with Gasteiger partial charge in [-0.2, -0.15) is 0 Å². The summed E-state index contributed by atoms with van der Waals surface area (Å²) in [6.07, 6.45) is 1.09. The number of hydrogen-bond donors (Lipinski definition) is 1. The number of methoxy groups -OCH3 is 1. The van der Waals surface area contributed by atoms with Gasteiger partial charge in [-0.25, -0.2) is 0 Å². The lowest BCUT2D eigenvalue weighted by atomic mass is 10.1. The zero-order valence-electron chi connectivity index (χ0n) is 18.1. The number of carbonyl (C=O) groups excluding carboxylic acids is 2. The first-order valence-corrected chi connectivity index (χ1v) is 10.1. The molecule has 0 radical (unpaired) electrons. The largest absolute Gasteiger partial charge is 0.497 e. The van der Waals surface area contributed by atoms with Crippen molar-refractivity contribution >= 4 is 11.8 Å². The molecule has 2 rings (SSSR count). The van der Waals surface area contributed by atoms with Crippen molar-refractivity contribution in [2.24, 2.45) is 0 Å². The number of rotatable bonds is 9. The maximum atomic E-state index is 13.2. The van der Waals surface area contributed by atoms with Crippen LogP contribution in [0.4, 0.5) is 0 Å². The van der Waals surface area contributed by atoms with Gasteiger partial charge in [0.1, 0.15) is 11.8 Å². The minimum Gasteiger partial charge on any atom is -0.497 e. The summed E-state index contributed by atoms with van der Waals surface area (Å²) in [5, 5.41) is 2.99. The number of hydrogen-bond acceptors (Lipinski definition) is 3. The highest BCUT2D eigenvalue weighted by Gasteiger charge is 2.27. The molecule has 2 aromatic rings. The summed E-state index contributed by atoms with van der Waals surface area (Å²) < 4.78 is 5.30. The van der Waals surface area contributed by atoms with E-state index in [1.165, 1.54) is 0 Å². The van der Waals surface area contributed by atoms with Crippen molar-refractivity contribution in [1.82, 2.24) is 10.2 Å². The molecular weight excluding hydrogens is 364 g/mol. The van der Waals surface area contributed by atoms with Crippen molar-refractivity contribution in [1.29, 1.82) is 0 Å². The molecule has 0 saturated heterocycles. The lowest BCUT2D eigenvalue weighted by molar-refractivity contribution is -0.140. The maximum absolute atomic E-state index is 13.2. The summed E-state index contributed by atoms with van der Waals surface area (Å²) >= 11 is 0. The molecule has 2 atom stereocenters. The van der Waals surface area contributed by atoms with Crippen LogP contribution in [-0.2, 0) is 22.6 Å². The number of benzene rings is 2. The van der Waals surface area contributed by atoms with Crippen molar-refractivity contribution in [3.05, 3.63) is 65.2 Å². The Bertz CT molecular complexity index is 817. The lowest BCUT2D eigenvalue weighted by Gasteiger charge is -2.30. The van der Waals surface area contributed by atoms with Crippen molar-refractivity contribution < 1.29 is 14.3 Å². The average molecular weight is 397 g/mol. The van der Waals surface area contributed by atoms with Crippen LogP contribution in [0.1, 0.15) is 43.9 Å². The number of aryl methyl sites for hydroxylation is 1. The maximum Gasteiger partial charge on any atom is 0.242 e. The third-order valence-electron chi connectivity index (χ3n) is 5.13. The molecule has 1 N–H and O–H groups in total. The Morgan fingerprint density at radius 2 is 1.76 bits per heavy atom. The van der Waals surface area contributed by atoms with Crippen molar-refractivity contribution in [3.63, 3.8) is 0 Å². The minimum atomic E-state index is -0.576. The Morgan fingerprint density at radius 3 is 2.38 bits per heavy atom. The molecule has 0 unspecified atom stereocenters. The van der Waals surface area contributed by atoms with Gasteiger partial charge in [-0.05, 0) is 50.5 Å². The van der Waals surface area contributed by atoms with Gasteiger partial charge < -0.3 is 15.0 Å². The predicted octanol–water partition coefficient (Wildman–Crippen LogP) is 3.88. The van der Waals surface area contributed by atoms with E-state index in [1.807, 2.05) is 69.3 Å². The Morgan fingerprint density at radius 1 is 1.07 bits per heavy atom. The summed E-state index contributed by atoms with van der Waals surface area (Å²) in [7, 11) is 1.61. The molecule has 5 nitrogen and oxygen atoms in total. The Labute approximate surface area is 174 Å². The molecule has 0 aliphatic rings. The van der Waals surface area contributed by atoms with Gasteiger partial charge in [0, 0.05) is 12.6 Å². The molecule has 0 aromatic heterocycles. The van der Waals surface area contributed by atoms with E-state index in [1.54, 1.807) is 18.9 Å². The zero-order valence-corrected chi connectivity index (χ0v) is 18.1. The molecule has 156 valence electrons. The van der Waals surface area contributed by atoms with E-state index >= 15 is 0 Å². The van der Waals surface area contributed by atoms with Crippen LogP contribution in [0.5, 0.6) is 5.75 Å². The van der Waals surface area contributed by atoms with E-state index in [0.29, 0.717) is 6.54 Å². The number of carbonyl (C=O) groups is 2. The molecule has 0 bridgehead atoms. The highest BCUT2D eigenvalue weighted by atomic mass is 16.5. The second-order valence-corrected chi connectivity index (χ2v) is 7.53. The summed E-state index contributed by atoms with van der Waals surface area (Å²) in [6, 6.07) is 15.0. The Kier molecular flexibility index (Phi) is 8.25. The molecule has 2 amide bonds. The molecule has 0 fully saturated rings. The predicted molar refractivity (Wildman–Crippen MR) is 116 cm³/mol. The van der Waals surface area contributed by atoms with Crippen LogP contribution in [-0.4, -0.2) is 35.9 Å². The fourth-order valence-electron chi connectivity index (χ4n) is 3.00. The summed E-state index contributed by atoms with van der Waals surface area (Å²) in [5.74, 6) is 0.508. The topological polar surface area (TPSA) is 58.6 Å². The molecule has 5 heteroatoms. The van der Waals surface area contributed by atoms with Crippen LogP contribution in [0.15, 0.2) is 48.5 Å². The molecule has 0 heterocycles. The van der Waals surface area contributed by atoms with Crippen LogP contribution >= 0.6 is 0 Å². The molecule has 0 saturated carbocycles. The molecule has 0 spiro atoms. The van der Waals surface area contributed by atoms with Gasteiger partial charge >= 0.3 is 0 Å². The summed E-state index contributed by atoms with van der Waals surface area (Å²) in [4.78, 5) is 27.6. The number of nitrogens with one attached hydrogen (secondary N) is 1. The fourth-order valence-corrected chi connectivity index (χ4v) is 3.00. The van der Waals surface area contributed by atoms with Gasteiger partial charge in [0.15, 0.2) is 0 Å². The normalized spacial score (nSPS) is 12.7. The standard InChI is InChI=1S/C24H32N2O3/c1-6-18(3)25-24(28)19(4)26(16-21-8-7-9-22(14-21)29-5)23(27)15-20-12-10-17(2)11-13-20/h7-14,18-19H,6,15-16H2,1-5H3,(H,25,28)/t18-,19+/m0/s1. The van der Waals surface area contributed by atoms with Gasteiger partial charge in [-0.3, -0.25) is 9.59 Å². The van der Waals surface area contributed by atoms with Gasteiger partial charge in [0.05, 0.1) is 13.5 Å². The van der Waals surface area contributed by atoms with Gasteiger partial charge in [0.2, 0.25) is 11.8 Å². The number of amides is 2. The van der Waals surface area contributed by atoms with E-state index in [0.717, 1.165) is 28.9 Å². The number of nitrogens with zero attached hydrogens (tertiary/aromatic N) is 1. The summed E-state index contributed by atoms with van der Waals surface area (Å²) in [5.41, 5.74) is 3.01. The van der Waals surface area contributed by atoms with Crippen molar-refractivity contribution in [2.45, 2.75) is 59.2 Å². The zero-order chi connectivity index (χ0) is 21.4. The minimum absolute atomic E-state index is 0.0656. The van der Waals surface area contributed by atoms with Crippen LogP contribution in [0.3, 0.4) is 0 Å². The van der Waals surface area contributed by atoms with Crippen LogP contribution in [0.25, 0.3) is 0 Å². The third-order valence-corrected chi connectivity index (χ3v) is 5.13. The van der Waals surface area contributed by atoms with Crippen LogP contribution in [0, 0.1) is 6.92 Å². The van der Waals surface area contributed by atoms with E-state index in [9.17, 15) is 9.59 Å². The molecule has 29 heavy (non-hydrogen) atoms. The molecular formula is C24H32N2O3. The van der Waals surface area contributed by atoms with Gasteiger partial charge in [-0.15, -0.1) is 0 Å². The quantitative estimate of drug-likeness (QED) is 0.700. The van der Waals surface area contributed by atoms with Gasteiger partial charge in [-0.1, -0.05) is 48.9 Å².